The summed E-state index contributed by atoms with van der Waals surface area (Å²) in [7, 11) is 1.57. The van der Waals surface area contributed by atoms with Crippen LogP contribution in [-0.4, -0.2) is 44.7 Å². The van der Waals surface area contributed by atoms with Crippen molar-refractivity contribution in [3.63, 3.8) is 0 Å². The number of hydrogen-bond acceptors (Lipinski definition) is 4. The van der Waals surface area contributed by atoms with Gasteiger partial charge in [-0.3, -0.25) is 4.79 Å². The summed E-state index contributed by atoms with van der Waals surface area (Å²) in [5, 5.41) is 10.4. The highest BCUT2D eigenvalue weighted by molar-refractivity contribution is 5.99. The zero-order chi connectivity index (χ0) is 25.6. The molecule has 36 heavy (non-hydrogen) atoms. The number of aromatic nitrogens is 2. The van der Waals surface area contributed by atoms with Crippen LogP contribution in [0.5, 0.6) is 5.75 Å². The second-order valence-electron chi connectivity index (χ2n) is 9.37. The van der Waals surface area contributed by atoms with Crippen molar-refractivity contribution >= 4 is 12.0 Å². The minimum absolute atomic E-state index is 0.118. The number of methoxy groups -OCH3 is 1. The second-order valence-corrected chi connectivity index (χ2v) is 9.37. The summed E-state index contributed by atoms with van der Waals surface area (Å²) in [5.41, 5.74) is 3.12. The van der Waals surface area contributed by atoms with Gasteiger partial charge in [0.25, 0.3) is 5.91 Å². The molecule has 0 unspecified atom stereocenters. The molecule has 188 valence electrons. The Kier molecular flexibility index (Phi) is 6.34. The molecule has 0 radical (unpaired) electrons. The van der Waals surface area contributed by atoms with Gasteiger partial charge < -0.3 is 19.3 Å². The smallest absolute Gasteiger partial charge is 0.250 e. The van der Waals surface area contributed by atoms with E-state index in [1.807, 2.05) is 35.9 Å². The number of halogens is 3. The SMILES string of the molecule is COc1cc(/C=C2\CC[C@@H]3C[C@H](O)C[C@@H](c4cc(F)c(F)c(F)c4)N3C2=O)ccc1-n1cnc(C)c1. The van der Waals surface area contributed by atoms with Gasteiger partial charge in [-0.15, -0.1) is 0 Å². The molecular weight excluding hydrogens is 471 g/mol. The van der Waals surface area contributed by atoms with Crippen molar-refractivity contribution < 1.29 is 27.8 Å². The number of aliphatic hydroxyl groups is 1. The fourth-order valence-electron chi connectivity index (χ4n) is 5.26. The highest BCUT2D eigenvalue weighted by Gasteiger charge is 2.42. The first-order valence-electron chi connectivity index (χ1n) is 11.8. The molecule has 6 nitrogen and oxygen atoms in total. The lowest BCUT2D eigenvalue weighted by Gasteiger charge is -2.47. The van der Waals surface area contributed by atoms with Crippen molar-refractivity contribution in [3.05, 3.63) is 82.7 Å². The largest absolute Gasteiger partial charge is 0.495 e. The van der Waals surface area contributed by atoms with Crippen LogP contribution >= 0.6 is 0 Å². The fourth-order valence-corrected chi connectivity index (χ4v) is 5.26. The number of hydrogen-bond donors (Lipinski definition) is 1. The third kappa shape index (κ3) is 4.39. The molecule has 5 rings (SSSR count). The average Bonchev–Trinajstić information content (AvgIpc) is 3.29. The van der Waals surface area contributed by atoms with Gasteiger partial charge >= 0.3 is 0 Å². The lowest BCUT2D eigenvalue weighted by molar-refractivity contribution is -0.139. The van der Waals surface area contributed by atoms with Gasteiger partial charge in [0, 0.05) is 17.8 Å². The van der Waals surface area contributed by atoms with Crippen LogP contribution < -0.4 is 4.74 Å². The Labute approximate surface area is 206 Å². The molecule has 3 atom stereocenters. The topological polar surface area (TPSA) is 67.6 Å². The van der Waals surface area contributed by atoms with E-state index in [1.54, 1.807) is 24.4 Å². The summed E-state index contributed by atoms with van der Waals surface area (Å²) in [6, 6.07) is 6.37. The third-order valence-corrected chi connectivity index (χ3v) is 6.95. The normalized spacial score (nSPS) is 23.2. The standard InChI is InChI=1S/C27H26F3N3O3/c1-15-13-32(14-31-15)23-6-3-16(8-25(23)36-2)7-17-4-5-19-11-20(34)12-24(33(19)27(17)35)18-9-21(28)26(30)22(29)10-18/h3,6-10,13-14,19-20,24,34H,4-5,11-12H2,1-2H3/b17-7+/t19-,20+,24+/m1/s1. The number of carbonyl (C=O) groups excluding carboxylic acids is 1. The maximum absolute atomic E-state index is 14.0. The van der Waals surface area contributed by atoms with Crippen LogP contribution in [0.4, 0.5) is 13.2 Å². The zero-order valence-electron chi connectivity index (χ0n) is 19.9. The van der Waals surface area contributed by atoms with Crippen LogP contribution in [0.3, 0.4) is 0 Å². The van der Waals surface area contributed by atoms with Gasteiger partial charge in [0.05, 0.1) is 37.0 Å². The van der Waals surface area contributed by atoms with Crippen LogP contribution in [0.2, 0.25) is 0 Å². The van der Waals surface area contributed by atoms with Gasteiger partial charge in [0.1, 0.15) is 5.75 Å². The van der Waals surface area contributed by atoms with E-state index in [1.165, 1.54) is 0 Å². The molecule has 3 aromatic rings. The molecule has 2 saturated heterocycles. The first-order chi connectivity index (χ1) is 17.2. The van der Waals surface area contributed by atoms with E-state index in [9.17, 15) is 23.1 Å². The van der Waals surface area contributed by atoms with E-state index in [0.717, 1.165) is 29.1 Å². The molecule has 2 aliphatic heterocycles. The first kappa shape index (κ1) is 24.1. The minimum Gasteiger partial charge on any atom is -0.495 e. The first-order valence-corrected chi connectivity index (χ1v) is 11.8. The summed E-state index contributed by atoms with van der Waals surface area (Å²) >= 11 is 0. The monoisotopic (exact) mass is 497 g/mol. The number of nitrogens with zero attached hydrogens (tertiary/aromatic N) is 3. The molecule has 1 amide bonds. The van der Waals surface area contributed by atoms with Gasteiger partial charge in [-0.1, -0.05) is 6.07 Å². The molecule has 9 heteroatoms. The number of piperidine rings is 2. The van der Waals surface area contributed by atoms with Crippen molar-refractivity contribution in [2.45, 2.75) is 50.8 Å². The lowest BCUT2D eigenvalue weighted by atomic mass is 9.82. The van der Waals surface area contributed by atoms with Crippen LogP contribution in [0, 0.1) is 24.4 Å². The summed E-state index contributed by atoms with van der Waals surface area (Å²) in [5.74, 6) is -3.84. The van der Waals surface area contributed by atoms with E-state index in [-0.39, 0.29) is 23.9 Å². The third-order valence-electron chi connectivity index (χ3n) is 6.95. The van der Waals surface area contributed by atoms with E-state index >= 15 is 0 Å². The van der Waals surface area contributed by atoms with Gasteiger partial charge in [0.2, 0.25) is 0 Å². The number of amides is 1. The van der Waals surface area contributed by atoms with E-state index in [4.69, 9.17) is 4.74 Å². The minimum atomic E-state index is -1.56. The summed E-state index contributed by atoms with van der Waals surface area (Å²) < 4.78 is 49.0. The Balaban J connectivity index is 1.47. The molecule has 3 heterocycles. The van der Waals surface area contributed by atoms with Crippen molar-refractivity contribution in [3.8, 4) is 11.4 Å². The van der Waals surface area contributed by atoms with Gasteiger partial charge in [-0.2, -0.15) is 0 Å². The number of ether oxygens (including phenoxy) is 1. The number of benzene rings is 2. The maximum Gasteiger partial charge on any atom is 0.250 e. The second kappa shape index (κ2) is 9.46. The molecular formula is C27H26F3N3O3. The molecule has 0 bridgehead atoms. The Bertz CT molecular complexity index is 1330. The van der Waals surface area contributed by atoms with Crippen LogP contribution in [0.1, 0.15) is 48.5 Å². The van der Waals surface area contributed by atoms with Crippen LogP contribution in [-0.2, 0) is 4.79 Å². The molecule has 2 fully saturated rings. The Morgan fingerprint density at radius 3 is 2.56 bits per heavy atom. The molecule has 1 aromatic heterocycles. The summed E-state index contributed by atoms with van der Waals surface area (Å²) in [6.45, 7) is 1.89. The summed E-state index contributed by atoms with van der Waals surface area (Å²) in [4.78, 5) is 19.4. The number of aliphatic hydroxyl groups excluding tert-OH is 1. The molecule has 2 aliphatic rings. The van der Waals surface area contributed by atoms with Crippen molar-refractivity contribution in [2.24, 2.45) is 0 Å². The quantitative estimate of drug-likeness (QED) is 0.412. The molecule has 0 aliphatic carbocycles. The summed E-state index contributed by atoms with van der Waals surface area (Å²) in [6.07, 6.45) is 6.24. The molecule has 2 aromatic carbocycles. The molecule has 1 N–H and O–H groups in total. The van der Waals surface area contributed by atoms with Crippen molar-refractivity contribution in [2.75, 3.05) is 7.11 Å². The van der Waals surface area contributed by atoms with E-state index in [0.29, 0.717) is 30.6 Å². The van der Waals surface area contributed by atoms with Crippen molar-refractivity contribution in [1.29, 1.82) is 0 Å². The Hall–Kier alpha value is -3.59. The highest BCUT2D eigenvalue weighted by atomic mass is 19.2. The lowest BCUT2D eigenvalue weighted by Crippen LogP contribution is -2.52. The maximum atomic E-state index is 14.0. The predicted molar refractivity (Wildman–Crippen MR) is 127 cm³/mol. The van der Waals surface area contributed by atoms with Crippen LogP contribution in [0.15, 0.2) is 48.4 Å². The van der Waals surface area contributed by atoms with Crippen molar-refractivity contribution in [1.82, 2.24) is 14.5 Å². The highest BCUT2D eigenvalue weighted by Crippen LogP contribution is 2.41. The Morgan fingerprint density at radius 1 is 1.14 bits per heavy atom. The number of rotatable bonds is 4. The van der Waals surface area contributed by atoms with Gasteiger partial charge in [-0.25, -0.2) is 18.2 Å². The van der Waals surface area contributed by atoms with E-state index in [2.05, 4.69) is 4.98 Å². The van der Waals surface area contributed by atoms with Gasteiger partial charge in [-0.05, 0) is 74.1 Å². The molecule has 0 saturated carbocycles. The van der Waals surface area contributed by atoms with Crippen LogP contribution in [0.25, 0.3) is 11.8 Å². The predicted octanol–water partition coefficient (Wildman–Crippen LogP) is 4.88. The average molecular weight is 498 g/mol. The number of imidazole rings is 1. The number of aryl methyl sites for hydroxylation is 1. The number of fused-ring (bicyclic) bond motifs is 1. The fraction of sp³-hybridized carbons (Fsp3) is 0.333. The zero-order valence-corrected chi connectivity index (χ0v) is 19.9. The van der Waals surface area contributed by atoms with Gasteiger partial charge in [0.15, 0.2) is 17.5 Å². The van der Waals surface area contributed by atoms with E-state index < -0.39 is 29.6 Å². The molecule has 0 spiro atoms. The Morgan fingerprint density at radius 2 is 1.89 bits per heavy atom. The number of carbonyl (C=O) groups is 1.